The zero-order valence-electron chi connectivity index (χ0n) is 11.6. The number of nitriles is 1. The zero-order chi connectivity index (χ0) is 16.1. The molecular weight excluding hydrogens is 348 g/mol. The highest BCUT2D eigenvalue weighted by Crippen LogP contribution is 2.27. The maximum absolute atomic E-state index is 11.8. The molecule has 0 spiro atoms. The summed E-state index contributed by atoms with van der Waals surface area (Å²) in [5.74, 6) is -0.0994. The number of esters is 1. The van der Waals surface area contributed by atoms with Gasteiger partial charge in [-0.15, -0.1) is 0 Å². The smallest absolute Gasteiger partial charge is 0.338 e. The number of nitrogens with zero attached hydrogens (tertiary/aromatic N) is 2. The van der Waals surface area contributed by atoms with E-state index in [1.807, 2.05) is 6.07 Å². The van der Waals surface area contributed by atoms with Crippen LogP contribution in [0, 0.1) is 16.7 Å². The highest BCUT2D eigenvalue weighted by molar-refractivity contribution is 9.10. The summed E-state index contributed by atoms with van der Waals surface area (Å²) in [4.78, 5) is 15.9. The Morgan fingerprint density at radius 3 is 2.91 bits per heavy atom. The van der Waals surface area contributed by atoms with Crippen molar-refractivity contribution >= 4 is 39.6 Å². The van der Waals surface area contributed by atoms with Gasteiger partial charge in [-0.2, -0.15) is 5.26 Å². The normalized spacial score (nSPS) is 9.68. The van der Waals surface area contributed by atoms with Gasteiger partial charge in [0.2, 0.25) is 0 Å². The van der Waals surface area contributed by atoms with Crippen LogP contribution in [0.2, 0.25) is 0 Å². The number of pyridine rings is 1. The topological polar surface area (TPSA) is 98.9 Å². The molecule has 0 aliphatic heterocycles. The van der Waals surface area contributed by atoms with Gasteiger partial charge < -0.3 is 15.5 Å². The molecular formula is C15H11BrN4O2. The van der Waals surface area contributed by atoms with Gasteiger partial charge in [-0.3, -0.25) is 0 Å². The van der Waals surface area contributed by atoms with Crippen LogP contribution in [0.15, 0.2) is 34.8 Å². The van der Waals surface area contributed by atoms with Crippen molar-refractivity contribution in [3.8, 4) is 6.07 Å². The first-order valence-corrected chi connectivity index (χ1v) is 6.95. The Kier molecular flexibility index (Phi) is 4.86. The van der Waals surface area contributed by atoms with E-state index in [2.05, 4.69) is 26.2 Å². The molecule has 0 unspecified atom stereocenters. The van der Waals surface area contributed by atoms with Gasteiger partial charge in [-0.25, -0.2) is 9.78 Å². The Labute approximate surface area is 135 Å². The molecule has 0 fully saturated rings. The van der Waals surface area contributed by atoms with E-state index in [1.54, 1.807) is 30.3 Å². The van der Waals surface area contributed by atoms with Gasteiger partial charge in [-0.1, -0.05) is 22.0 Å². The third-order valence-corrected chi connectivity index (χ3v) is 3.28. The lowest BCUT2D eigenvalue weighted by atomic mass is 10.1. The molecule has 22 heavy (non-hydrogen) atoms. The molecule has 0 atom stereocenters. The van der Waals surface area contributed by atoms with E-state index < -0.39 is 5.97 Å². The van der Waals surface area contributed by atoms with Crippen LogP contribution in [-0.4, -0.2) is 24.3 Å². The highest BCUT2D eigenvalue weighted by atomic mass is 79.9. The summed E-state index contributed by atoms with van der Waals surface area (Å²) in [6, 6.07) is 10.2. The molecule has 1 aromatic heterocycles. The lowest BCUT2D eigenvalue weighted by molar-refractivity contribution is 0.0600. The molecule has 1 aromatic carbocycles. The Morgan fingerprint density at radius 1 is 1.50 bits per heavy atom. The molecule has 6 nitrogen and oxygen atoms in total. The van der Waals surface area contributed by atoms with Crippen LogP contribution in [0.3, 0.4) is 0 Å². The van der Waals surface area contributed by atoms with Crippen molar-refractivity contribution in [2.75, 3.05) is 12.4 Å². The van der Waals surface area contributed by atoms with E-state index in [0.717, 1.165) is 6.21 Å². The standard InChI is InChI=1S/C15H11BrN4O2/c1-22-15(21)11-5-9(16)6-13(12(11)8-18)20-14-4-2-3-10(7-17)19-14/h2-6,8,18H,1H3,(H,19,20). The van der Waals surface area contributed by atoms with E-state index in [9.17, 15) is 4.79 Å². The Balaban J connectivity index is 2.50. The lowest BCUT2D eigenvalue weighted by Crippen LogP contribution is -2.08. The summed E-state index contributed by atoms with van der Waals surface area (Å²) in [7, 11) is 1.28. The average molecular weight is 359 g/mol. The summed E-state index contributed by atoms with van der Waals surface area (Å²) in [6.45, 7) is 0. The van der Waals surface area contributed by atoms with E-state index in [0.29, 0.717) is 21.5 Å². The molecule has 2 rings (SSSR count). The van der Waals surface area contributed by atoms with Crippen molar-refractivity contribution in [1.29, 1.82) is 10.7 Å². The molecule has 110 valence electrons. The zero-order valence-corrected chi connectivity index (χ0v) is 13.1. The number of benzene rings is 1. The van der Waals surface area contributed by atoms with Gasteiger partial charge in [0.1, 0.15) is 17.6 Å². The number of carbonyl (C=O) groups excluding carboxylic acids is 1. The second-order valence-electron chi connectivity index (χ2n) is 4.20. The molecule has 0 saturated heterocycles. The number of hydrogen-bond acceptors (Lipinski definition) is 6. The van der Waals surface area contributed by atoms with Crippen LogP contribution in [0.4, 0.5) is 11.5 Å². The number of halogens is 1. The molecule has 1 heterocycles. The third kappa shape index (κ3) is 3.30. The largest absolute Gasteiger partial charge is 0.465 e. The van der Waals surface area contributed by atoms with Crippen molar-refractivity contribution < 1.29 is 9.53 Å². The Morgan fingerprint density at radius 2 is 2.27 bits per heavy atom. The molecule has 2 N–H and O–H groups in total. The predicted octanol–water partition coefficient (Wildman–Crippen LogP) is 3.24. The average Bonchev–Trinajstić information content (AvgIpc) is 2.53. The van der Waals surface area contributed by atoms with Gasteiger partial charge >= 0.3 is 5.97 Å². The second kappa shape index (κ2) is 6.83. The van der Waals surface area contributed by atoms with Crippen molar-refractivity contribution in [1.82, 2.24) is 4.98 Å². The minimum absolute atomic E-state index is 0.255. The molecule has 7 heteroatoms. The number of anilines is 2. The number of methoxy groups -OCH3 is 1. The number of ether oxygens (including phenoxy) is 1. The number of aromatic nitrogens is 1. The van der Waals surface area contributed by atoms with Crippen molar-refractivity contribution in [3.63, 3.8) is 0 Å². The van der Waals surface area contributed by atoms with Crippen LogP contribution < -0.4 is 5.32 Å². The Bertz CT molecular complexity index is 784. The fraction of sp³-hybridized carbons (Fsp3) is 0.0667. The second-order valence-corrected chi connectivity index (χ2v) is 5.11. The third-order valence-electron chi connectivity index (χ3n) is 2.82. The maximum Gasteiger partial charge on any atom is 0.338 e. The fourth-order valence-electron chi connectivity index (χ4n) is 1.86. The number of nitrogens with one attached hydrogen (secondary N) is 2. The molecule has 0 aliphatic carbocycles. The van der Waals surface area contributed by atoms with Gasteiger partial charge in [-0.05, 0) is 24.3 Å². The quantitative estimate of drug-likeness (QED) is 0.645. The maximum atomic E-state index is 11.8. The summed E-state index contributed by atoms with van der Waals surface area (Å²) < 4.78 is 5.38. The van der Waals surface area contributed by atoms with Gasteiger partial charge in [0, 0.05) is 16.3 Å². The molecule has 0 radical (unpaired) electrons. The Hall–Kier alpha value is -2.72. The van der Waals surface area contributed by atoms with Crippen molar-refractivity contribution in [3.05, 3.63) is 51.6 Å². The van der Waals surface area contributed by atoms with Gasteiger partial charge in [0.05, 0.1) is 18.4 Å². The van der Waals surface area contributed by atoms with E-state index in [1.165, 1.54) is 7.11 Å². The van der Waals surface area contributed by atoms with E-state index in [4.69, 9.17) is 15.4 Å². The SMILES string of the molecule is COC(=O)c1cc(Br)cc(Nc2cccc(C#N)n2)c1C=N. The number of carbonyl (C=O) groups is 1. The van der Waals surface area contributed by atoms with Gasteiger partial charge in [0.15, 0.2) is 0 Å². The minimum atomic E-state index is -0.540. The number of hydrogen-bond donors (Lipinski definition) is 2. The van der Waals surface area contributed by atoms with E-state index in [-0.39, 0.29) is 11.3 Å². The van der Waals surface area contributed by atoms with Crippen LogP contribution in [-0.2, 0) is 4.74 Å². The van der Waals surface area contributed by atoms with E-state index >= 15 is 0 Å². The molecule has 0 amide bonds. The molecule has 0 saturated carbocycles. The molecule has 0 aliphatic rings. The first kappa shape index (κ1) is 15.7. The summed E-state index contributed by atoms with van der Waals surface area (Å²) >= 11 is 3.32. The predicted molar refractivity (Wildman–Crippen MR) is 85.6 cm³/mol. The first-order valence-electron chi connectivity index (χ1n) is 6.15. The van der Waals surface area contributed by atoms with Crippen molar-refractivity contribution in [2.45, 2.75) is 0 Å². The molecule has 2 aromatic rings. The fourth-order valence-corrected chi connectivity index (χ4v) is 2.32. The van der Waals surface area contributed by atoms with Crippen LogP contribution in [0.25, 0.3) is 0 Å². The number of rotatable bonds is 4. The van der Waals surface area contributed by atoms with Crippen molar-refractivity contribution in [2.24, 2.45) is 0 Å². The van der Waals surface area contributed by atoms with Crippen LogP contribution in [0.1, 0.15) is 21.6 Å². The monoisotopic (exact) mass is 358 g/mol. The first-order chi connectivity index (χ1) is 10.6. The highest BCUT2D eigenvalue weighted by Gasteiger charge is 2.16. The summed E-state index contributed by atoms with van der Waals surface area (Å²) in [5, 5.41) is 19.4. The van der Waals surface area contributed by atoms with Gasteiger partial charge in [0.25, 0.3) is 0 Å². The minimum Gasteiger partial charge on any atom is -0.465 e. The van der Waals surface area contributed by atoms with Crippen LogP contribution in [0.5, 0.6) is 0 Å². The molecule has 0 bridgehead atoms. The summed E-state index contributed by atoms with van der Waals surface area (Å²) in [6.07, 6.45) is 1.06. The lowest BCUT2D eigenvalue weighted by Gasteiger charge is -2.13. The summed E-state index contributed by atoms with van der Waals surface area (Å²) in [5.41, 5.74) is 1.40. The van der Waals surface area contributed by atoms with Crippen LogP contribution >= 0.6 is 15.9 Å².